The van der Waals surface area contributed by atoms with Gasteiger partial charge in [0.2, 0.25) is 0 Å². The Morgan fingerprint density at radius 2 is 1.74 bits per heavy atom. The van der Waals surface area contributed by atoms with Crippen molar-refractivity contribution in [2.75, 3.05) is 0 Å². The van der Waals surface area contributed by atoms with Gasteiger partial charge in [0, 0.05) is 27.4 Å². The molecule has 0 aliphatic carbocycles. The van der Waals surface area contributed by atoms with Crippen LogP contribution in [0.4, 0.5) is 0 Å². The quantitative estimate of drug-likeness (QED) is 0.527. The van der Waals surface area contributed by atoms with Crippen molar-refractivity contribution in [3.05, 3.63) is 59.2 Å². The molecule has 2 N–H and O–H groups in total. The molecule has 5 nitrogen and oxygen atoms in total. The predicted molar refractivity (Wildman–Crippen MR) is 105 cm³/mol. The van der Waals surface area contributed by atoms with Crippen molar-refractivity contribution < 1.29 is 0 Å². The van der Waals surface area contributed by atoms with Crippen molar-refractivity contribution in [1.82, 2.24) is 25.9 Å². The SMILES string of the molecule is c1ccc2c(c1)Sc1cc(-c3nnn[nH]3)ccc1/C2=C1/C[C@H]2CC[C@@H](C1)N2. The first-order valence-electron chi connectivity index (χ1n) is 9.49. The smallest absolute Gasteiger partial charge is 0.179 e. The lowest BCUT2D eigenvalue weighted by Gasteiger charge is -2.30. The minimum Gasteiger partial charge on any atom is -0.311 e. The summed E-state index contributed by atoms with van der Waals surface area (Å²) >= 11 is 1.85. The van der Waals surface area contributed by atoms with Crippen LogP contribution < -0.4 is 5.32 Å². The van der Waals surface area contributed by atoms with Gasteiger partial charge in [0.05, 0.1) is 0 Å². The Labute approximate surface area is 161 Å². The molecule has 4 heterocycles. The van der Waals surface area contributed by atoms with Crippen LogP contribution in [-0.2, 0) is 0 Å². The summed E-state index contributed by atoms with van der Waals surface area (Å²) in [5, 5.41) is 18.1. The number of aromatic nitrogens is 4. The first kappa shape index (κ1) is 15.6. The summed E-state index contributed by atoms with van der Waals surface area (Å²) in [6.45, 7) is 0. The number of piperidine rings is 1. The van der Waals surface area contributed by atoms with Crippen LogP contribution in [0.5, 0.6) is 0 Å². The molecular weight excluding hydrogens is 354 g/mol. The number of nitrogens with zero attached hydrogens (tertiary/aromatic N) is 3. The lowest BCUT2D eigenvalue weighted by atomic mass is 9.86. The summed E-state index contributed by atoms with van der Waals surface area (Å²) in [7, 11) is 0. The molecule has 1 aromatic heterocycles. The molecule has 2 atom stereocenters. The Morgan fingerprint density at radius 1 is 0.926 bits per heavy atom. The topological polar surface area (TPSA) is 66.5 Å². The molecule has 0 radical (unpaired) electrons. The molecule has 3 aliphatic heterocycles. The van der Waals surface area contributed by atoms with E-state index >= 15 is 0 Å². The number of H-pyrrole nitrogens is 1. The predicted octanol–water partition coefficient (Wildman–Crippen LogP) is 4.05. The van der Waals surface area contributed by atoms with E-state index < -0.39 is 0 Å². The average molecular weight is 373 g/mol. The van der Waals surface area contributed by atoms with E-state index in [1.165, 1.54) is 39.3 Å². The van der Waals surface area contributed by atoms with E-state index in [1.54, 1.807) is 5.57 Å². The van der Waals surface area contributed by atoms with Gasteiger partial charge in [-0.1, -0.05) is 47.7 Å². The maximum Gasteiger partial charge on any atom is 0.179 e. The largest absolute Gasteiger partial charge is 0.311 e. The van der Waals surface area contributed by atoms with Gasteiger partial charge in [0.1, 0.15) is 0 Å². The lowest BCUT2D eigenvalue weighted by Crippen LogP contribution is -2.35. The van der Waals surface area contributed by atoms with Gasteiger partial charge in [-0.25, -0.2) is 5.10 Å². The summed E-state index contributed by atoms with van der Waals surface area (Å²) in [5.41, 5.74) is 6.84. The van der Waals surface area contributed by atoms with E-state index in [0.717, 1.165) is 18.4 Å². The Morgan fingerprint density at radius 3 is 2.56 bits per heavy atom. The Kier molecular flexibility index (Phi) is 3.49. The van der Waals surface area contributed by atoms with Crippen molar-refractivity contribution in [1.29, 1.82) is 0 Å². The number of hydrogen-bond acceptors (Lipinski definition) is 5. The number of tetrazole rings is 1. The van der Waals surface area contributed by atoms with Crippen LogP contribution in [0.15, 0.2) is 57.8 Å². The second-order valence-electron chi connectivity index (χ2n) is 7.58. The van der Waals surface area contributed by atoms with Crippen molar-refractivity contribution >= 4 is 17.3 Å². The van der Waals surface area contributed by atoms with Gasteiger partial charge >= 0.3 is 0 Å². The van der Waals surface area contributed by atoms with Crippen LogP contribution in [0.2, 0.25) is 0 Å². The highest BCUT2D eigenvalue weighted by atomic mass is 32.2. The highest BCUT2D eigenvalue weighted by Gasteiger charge is 2.33. The summed E-state index contributed by atoms with van der Waals surface area (Å²) in [4.78, 5) is 2.63. The fourth-order valence-corrected chi connectivity index (χ4v) is 5.88. The zero-order valence-electron chi connectivity index (χ0n) is 14.8. The number of rotatable bonds is 1. The molecular formula is C21H19N5S. The number of benzene rings is 2. The zero-order chi connectivity index (χ0) is 17.8. The van der Waals surface area contributed by atoms with Crippen LogP contribution >= 0.6 is 11.8 Å². The van der Waals surface area contributed by atoms with Gasteiger partial charge < -0.3 is 5.32 Å². The van der Waals surface area contributed by atoms with Gasteiger partial charge in [-0.2, -0.15) is 0 Å². The molecule has 3 aliphatic rings. The van der Waals surface area contributed by atoms with Crippen molar-refractivity contribution in [3.8, 4) is 11.4 Å². The number of fused-ring (bicyclic) bond motifs is 4. The van der Waals surface area contributed by atoms with E-state index in [9.17, 15) is 0 Å². The second-order valence-corrected chi connectivity index (χ2v) is 8.67. The molecule has 3 aromatic rings. The third-order valence-electron chi connectivity index (χ3n) is 5.92. The maximum absolute atomic E-state index is 4.07. The molecule has 6 heteroatoms. The van der Waals surface area contributed by atoms with Gasteiger partial charge in [0.25, 0.3) is 0 Å². The van der Waals surface area contributed by atoms with Crippen LogP contribution in [0.1, 0.15) is 36.8 Å². The third kappa shape index (κ3) is 2.55. The van der Waals surface area contributed by atoms with E-state index in [1.807, 2.05) is 11.8 Å². The molecule has 27 heavy (non-hydrogen) atoms. The number of nitrogens with one attached hydrogen (secondary N) is 2. The first-order chi connectivity index (χ1) is 13.3. The highest BCUT2D eigenvalue weighted by Crippen LogP contribution is 2.49. The standard InChI is InChI=1S/C21H19N5S/c1-2-4-18-16(3-1)20(13-9-14-6-7-15(10-13)22-14)17-8-5-12(11-19(17)27-18)21-23-25-26-24-21/h1-5,8,11,14-15,22H,6-7,9-10H2,(H,23,24,25,26)/b20-13-/t14-,15+/m1/s1. The van der Waals surface area contributed by atoms with Gasteiger partial charge in [-0.3, -0.25) is 0 Å². The summed E-state index contributed by atoms with van der Waals surface area (Å²) in [5.74, 6) is 0.714. The van der Waals surface area contributed by atoms with Crippen molar-refractivity contribution in [3.63, 3.8) is 0 Å². The minimum atomic E-state index is 0.649. The average Bonchev–Trinajstić information content (AvgIpc) is 3.35. The Bertz CT molecular complexity index is 1040. The number of aromatic amines is 1. The highest BCUT2D eigenvalue weighted by molar-refractivity contribution is 7.99. The first-order valence-corrected chi connectivity index (χ1v) is 10.3. The molecule has 2 fully saturated rings. The summed E-state index contributed by atoms with van der Waals surface area (Å²) in [6, 6.07) is 16.7. The Hall–Kier alpha value is -2.44. The van der Waals surface area contributed by atoms with Crippen LogP contribution in [-0.4, -0.2) is 32.7 Å². The molecule has 2 bridgehead atoms. The van der Waals surface area contributed by atoms with Crippen molar-refractivity contribution in [2.24, 2.45) is 0 Å². The van der Waals surface area contributed by atoms with Crippen LogP contribution in [0.25, 0.3) is 17.0 Å². The molecule has 2 saturated heterocycles. The van der Waals surface area contributed by atoms with E-state index in [0.29, 0.717) is 17.9 Å². The summed E-state index contributed by atoms with van der Waals surface area (Å²) in [6.07, 6.45) is 4.94. The minimum absolute atomic E-state index is 0.649. The van der Waals surface area contributed by atoms with E-state index in [2.05, 4.69) is 68.4 Å². The molecule has 2 aromatic carbocycles. The van der Waals surface area contributed by atoms with Crippen molar-refractivity contribution in [2.45, 2.75) is 47.6 Å². The molecule has 0 unspecified atom stereocenters. The number of hydrogen-bond donors (Lipinski definition) is 2. The molecule has 134 valence electrons. The second kappa shape index (κ2) is 6.04. The lowest BCUT2D eigenvalue weighted by molar-refractivity contribution is 0.475. The molecule has 0 amide bonds. The van der Waals surface area contributed by atoms with E-state index in [4.69, 9.17) is 0 Å². The zero-order valence-corrected chi connectivity index (χ0v) is 15.6. The molecule has 0 spiro atoms. The van der Waals surface area contributed by atoms with Gasteiger partial charge in [0.15, 0.2) is 5.82 Å². The van der Waals surface area contributed by atoms with E-state index in [-0.39, 0.29) is 0 Å². The van der Waals surface area contributed by atoms with Gasteiger partial charge in [-0.15, -0.1) is 5.10 Å². The normalized spacial score (nSPS) is 25.9. The molecule has 0 saturated carbocycles. The molecule has 6 rings (SSSR count). The Balaban J connectivity index is 1.54. The van der Waals surface area contributed by atoms with Gasteiger partial charge in [-0.05, 0) is 64.9 Å². The monoisotopic (exact) mass is 373 g/mol. The third-order valence-corrected chi connectivity index (χ3v) is 7.05. The fraction of sp³-hybridized carbons (Fsp3) is 0.286. The van der Waals surface area contributed by atoms with Crippen LogP contribution in [0.3, 0.4) is 0 Å². The fourth-order valence-electron chi connectivity index (χ4n) is 4.76. The van der Waals surface area contributed by atoms with Crippen LogP contribution in [0, 0.1) is 0 Å². The maximum atomic E-state index is 4.07. The summed E-state index contributed by atoms with van der Waals surface area (Å²) < 4.78 is 0.